The number of benzene rings is 1. The Morgan fingerprint density at radius 3 is 2.52 bits per heavy atom. The topological polar surface area (TPSA) is 46.5 Å². The molecule has 1 rings (SSSR count). The van der Waals surface area contributed by atoms with Gasteiger partial charge < -0.3 is 9.84 Å². The average molecular weight is 316 g/mol. The molecule has 0 fully saturated rings. The third-order valence-electron chi connectivity index (χ3n) is 4.23. The van der Waals surface area contributed by atoms with E-state index in [1.807, 2.05) is 51.1 Å². The summed E-state index contributed by atoms with van der Waals surface area (Å²) in [5.41, 5.74) is 0.942. The van der Waals surface area contributed by atoms with Gasteiger partial charge in [0, 0.05) is 18.4 Å². The largest absolute Gasteiger partial charge is 0.458 e. The lowest BCUT2D eigenvalue weighted by atomic mass is 9.87. The number of ether oxygens (including phenoxy) is 1. The number of aliphatic hydroxyl groups excluding tert-OH is 1. The third-order valence-corrected chi connectivity index (χ3v) is 4.23. The smallest absolute Gasteiger partial charge is 0.331 e. The molecule has 0 spiro atoms. The Labute approximate surface area is 139 Å². The van der Waals surface area contributed by atoms with E-state index in [9.17, 15) is 9.90 Å². The maximum absolute atomic E-state index is 12.0. The Hall–Kier alpha value is -1.87. The fraction of sp³-hybridized carbons (Fsp3) is 0.450. The highest BCUT2D eigenvalue weighted by Gasteiger charge is 2.29. The molecular formula is C20H28O3. The molecule has 0 aliphatic rings. The molecule has 0 bridgehead atoms. The van der Waals surface area contributed by atoms with Gasteiger partial charge in [0.05, 0.1) is 6.10 Å². The number of hydrogen-bond donors (Lipinski definition) is 1. The molecule has 4 atom stereocenters. The lowest BCUT2D eigenvalue weighted by Gasteiger charge is -2.30. The van der Waals surface area contributed by atoms with Crippen LogP contribution in [0.1, 0.15) is 39.2 Å². The van der Waals surface area contributed by atoms with Crippen LogP contribution in [0.5, 0.6) is 0 Å². The highest BCUT2D eigenvalue weighted by Crippen LogP contribution is 2.23. The minimum atomic E-state index is -0.504. The van der Waals surface area contributed by atoms with Crippen LogP contribution in [0.4, 0.5) is 0 Å². The number of aliphatic hydroxyl groups is 1. The first kappa shape index (κ1) is 19.2. The second-order valence-electron chi connectivity index (χ2n) is 5.98. The molecule has 3 nitrogen and oxygen atoms in total. The van der Waals surface area contributed by atoms with Gasteiger partial charge in [0.1, 0.15) is 6.10 Å². The molecule has 0 saturated heterocycles. The first-order chi connectivity index (χ1) is 11.0. The molecule has 3 heteroatoms. The predicted molar refractivity (Wildman–Crippen MR) is 94.8 cm³/mol. The minimum absolute atomic E-state index is 0.142. The molecule has 0 saturated carbocycles. The Morgan fingerprint density at radius 2 is 1.96 bits per heavy atom. The summed E-state index contributed by atoms with van der Waals surface area (Å²) < 4.78 is 5.53. The zero-order chi connectivity index (χ0) is 17.2. The van der Waals surface area contributed by atoms with Gasteiger partial charge in [0.2, 0.25) is 0 Å². The summed E-state index contributed by atoms with van der Waals surface area (Å²) in [7, 11) is 0. The molecule has 0 unspecified atom stereocenters. The Bertz CT molecular complexity index is 507. The molecule has 0 aliphatic heterocycles. The third kappa shape index (κ3) is 6.41. The van der Waals surface area contributed by atoms with Gasteiger partial charge in [-0.2, -0.15) is 0 Å². The Morgan fingerprint density at radius 1 is 1.30 bits per heavy atom. The molecule has 0 amide bonds. The van der Waals surface area contributed by atoms with E-state index in [2.05, 4.69) is 6.58 Å². The molecule has 0 aromatic heterocycles. The highest BCUT2D eigenvalue weighted by atomic mass is 16.5. The maximum Gasteiger partial charge on any atom is 0.331 e. The highest BCUT2D eigenvalue weighted by molar-refractivity contribution is 5.87. The van der Waals surface area contributed by atoms with E-state index in [0.717, 1.165) is 12.0 Å². The van der Waals surface area contributed by atoms with E-state index in [4.69, 9.17) is 4.74 Å². The van der Waals surface area contributed by atoms with Crippen molar-refractivity contribution in [1.82, 2.24) is 0 Å². The average Bonchev–Trinajstić information content (AvgIpc) is 2.58. The van der Waals surface area contributed by atoms with Crippen LogP contribution < -0.4 is 0 Å². The molecule has 0 aliphatic carbocycles. The van der Waals surface area contributed by atoms with E-state index in [1.165, 1.54) is 6.08 Å². The molecular weight excluding hydrogens is 288 g/mol. The second kappa shape index (κ2) is 10.0. The lowest BCUT2D eigenvalue weighted by molar-refractivity contribution is -0.148. The van der Waals surface area contributed by atoms with Gasteiger partial charge in [-0.25, -0.2) is 4.79 Å². The predicted octanol–water partition coefficient (Wildman–Crippen LogP) is 4.23. The second-order valence-corrected chi connectivity index (χ2v) is 5.98. The summed E-state index contributed by atoms with van der Waals surface area (Å²) in [6.07, 6.45) is 5.41. The summed E-state index contributed by atoms with van der Waals surface area (Å²) in [6, 6.07) is 9.58. The van der Waals surface area contributed by atoms with Gasteiger partial charge in [-0.05, 0) is 17.6 Å². The minimum Gasteiger partial charge on any atom is -0.458 e. The van der Waals surface area contributed by atoms with Gasteiger partial charge in [-0.1, -0.05) is 63.6 Å². The van der Waals surface area contributed by atoms with E-state index in [0.29, 0.717) is 6.42 Å². The monoisotopic (exact) mass is 316 g/mol. The summed E-state index contributed by atoms with van der Waals surface area (Å²) in [5.74, 6) is -0.378. The number of carbonyl (C=O) groups excluding carboxylic acids is 1. The first-order valence-corrected chi connectivity index (χ1v) is 8.22. The van der Waals surface area contributed by atoms with Gasteiger partial charge >= 0.3 is 5.97 Å². The summed E-state index contributed by atoms with van der Waals surface area (Å²) >= 11 is 0. The molecule has 0 heterocycles. The van der Waals surface area contributed by atoms with E-state index >= 15 is 0 Å². The van der Waals surface area contributed by atoms with E-state index in [-0.39, 0.29) is 17.9 Å². The van der Waals surface area contributed by atoms with Crippen molar-refractivity contribution in [3.8, 4) is 0 Å². The summed E-state index contributed by atoms with van der Waals surface area (Å²) in [5, 5.41) is 10.4. The first-order valence-electron chi connectivity index (χ1n) is 8.22. The van der Waals surface area contributed by atoms with Crippen molar-refractivity contribution in [3.05, 3.63) is 54.6 Å². The van der Waals surface area contributed by atoms with Crippen LogP contribution in [0.2, 0.25) is 0 Å². The Kier molecular flexibility index (Phi) is 8.35. The van der Waals surface area contributed by atoms with Crippen molar-refractivity contribution in [2.24, 2.45) is 11.8 Å². The van der Waals surface area contributed by atoms with E-state index < -0.39 is 12.1 Å². The molecule has 1 N–H and O–H groups in total. The quantitative estimate of drug-likeness (QED) is 0.421. The molecule has 23 heavy (non-hydrogen) atoms. The van der Waals surface area contributed by atoms with Crippen LogP contribution in [-0.4, -0.2) is 23.3 Å². The summed E-state index contributed by atoms with van der Waals surface area (Å²) in [6.45, 7) is 9.68. The van der Waals surface area contributed by atoms with Crippen molar-refractivity contribution in [3.63, 3.8) is 0 Å². The standard InChI is InChI=1S/C20H28O3/c1-5-10-18(16(4)20(22)15(3)6-2)23-19(21)14-13-17-11-8-7-9-12-17/h5,7-9,11-16,18,20,22H,1,6,10H2,2-4H3/b14-13+/t15-,16-,18-,20+/m0/s1. The number of esters is 1. The lowest BCUT2D eigenvalue weighted by Crippen LogP contribution is -2.36. The zero-order valence-electron chi connectivity index (χ0n) is 14.3. The van der Waals surface area contributed by atoms with Crippen molar-refractivity contribution in [1.29, 1.82) is 0 Å². The van der Waals surface area contributed by atoms with Crippen molar-refractivity contribution < 1.29 is 14.6 Å². The van der Waals surface area contributed by atoms with Gasteiger partial charge in [0.25, 0.3) is 0 Å². The van der Waals surface area contributed by atoms with Crippen LogP contribution in [0.25, 0.3) is 6.08 Å². The van der Waals surface area contributed by atoms with Crippen molar-refractivity contribution in [2.75, 3.05) is 0 Å². The SMILES string of the molecule is C=CC[C@H](OC(=O)/C=C/c1ccccc1)[C@H](C)[C@H](O)[C@@H](C)CC. The van der Waals surface area contributed by atoms with Gasteiger partial charge in [0.15, 0.2) is 0 Å². The van der Waals surface area contributed by atoms with E-state index in [1.54, 1.807) is 12.2 Å². The van der Waals surface area contributed by atoms with Crippen molar-refractivity contribution >= 4 is 12.0 Å². The fourth-order valence-corrected chi connectivity index (χ4v) is 2.43. The number of hydrogen-bond acceptors (Lipinski definition) is 3. The van der Waals surface area contributed by atoms with Crippen LogP contribution >= 0.6 is 0 Å². The van der Waals surface area contributed by atoms with Crippen LogP contribution in [0, 0.1) is 11.8 Å². The normalized spacial score (nSPS) is 16.5. The zero-order valence-corrected chi connectivity index (χ0v) is 14.3. The van der Waals surface area contributed by atoms with Crippen molar-refractivity contribution in [2.45, 2.75) is 45.8 Å². The maximum atomic E-state index is 12.0. The fourth-order valence-electron chi connectivity index (χ4n) is 2.43. The summed E-state index contributed by atoms with van der Waals surface area (Å²) in [4.78, 5) is 12.0. The molecule has 1 aromatic carbocycles. The number of rotatable bonds is 9. The molecule has 126 valence electrons. The van der Waals surface area contributed by atoms with Crippen LogP contribution in [0.3, 0.4) is 0 Å². The van der Waals surface area contributed by atoms with Crippen LogP contribution in [-0.2, 0) is 9.53 Å². The van der Waals surface area contributed by atoms with Gasteiger partial charge in [-0.15, -0.1) is 6.58 Å². The Balaban J connectivity index is 2.69. The molecule has 1 aromatic rings. The molecule has 0 radical (unpaired) electrons. The van der Waals surface area contributed by atoms with Crippen LogP contribution in [0.15, 0.2) is 49.1 Å². The number of carbonyl (C=O) groups is 1. The van der Waals surface area contributed by atoms with Gasteiger partial charge in [-0.3, -0.25) is 0 Å².